The largest absolute Gasteiger partial charge is 0.310 e. The van der Waals surface area contributed by atoms with E-state index in [4.69, 9.17) is 0 Å². The SMILES string of the molecule is c1ccc(-c2cc(-c3ccccc3)cc(-c3ccc(N(c4ccc(-c5cccc6c5ccc5ccccc56)cc4)c4cccc(-c5ccc6c(c5)c5ccccc5n6-c5ccccc5)c4)cc3)c2)cc1. The minimum Gasteiger partial charge on any atom is -0.310 e. The van der Waals surface area contributed by atoms with Crippen molar-refractivity contribution >= 4 is 60.4 Å². The van der Waals surface area contributed by atoms with Crippen LogP contribution in [0.3, 0.4) is 0 Å². The summed E-state index contributed by atoms with van der Waals surface area (Å²) in [5, 5.41) is 7.53. The van der Waals surface area contributed by atoms with Gasteiger partial charge in [-0.1, -0.05) is 194 Å². The third kappa shape index (κ3) is 7.40. The van der Waals surface area contributed by atoms with Crippen molar-refractivity contribution in [1.29, 1.82) is 0 Å². The summed E-state index contributed by atoms with van der Waals surface area (Å²) in [6.07, 6.45) is 0. The molecule has 0 spiro atoms. The van der Waals surface area contributed by atoms with Gasteiger partial charge in [0.1, 0.15) is 0 Å². The monoisotopic (exact) mass is 890 g/mol. The van der Waals surface area contributed by atoms with Crippen molar-refractivity contribution in [2.24, 2.45) is 0 Å². The number of anilines is 3. The molecule has 70 heavy (non-hydrogen) atoms. The Morgan fingerprint density at radius 2 is 0.729 bits per heavy atom. The molecule has 13 rings (SSSR count). The second-order valence-electron chi connectivity index (χ2n) is 18.1. The predicted octanol–water partition coefficient (Wildman–Crippen LogP) is 18.9. The number of hydrogen-bond donors (Lipinski definition) is 0. The quantitative estimate of drug-likeness (QED) is 0.131. The normalized spacial score (nSPS) is 11.4. The van der Waals surface area contributed by atoms with E-state index in [1.807, 2.05) is 0 Å². The van der Waals surface area contributed by atoms with Crippen LogP contribution in [0.4, 0.5) is 17.1 Å². The summed E-state index contributed by atoms with van der Waals surface area (Å²) >= 11 is 0. The van der Waals surface area contributed by atoms with Gasteiger partial charge in [-0.15, -0.1) is 0 Å². The van der Waals surface area contributed by atoms with Gasteiger partial charge in [0.25, 0.3) is 0 Å². The smallest absolute Gasteiger partial charge is 0.0541 e. The molecule has 0 aliphatic heterocycles. The van der Waals surface area contributed by atoms with Crippen LogP contribution in [0, 0.1) is 0 Å². The van der Waals surface area contributed by atoms with E-state index in [0.29, 0.717) is 0 Å². The van der Waals surface area contributed by atoms with Crippen LogP contribution in [0.5, 0.6) is 0 Å². The first-order valence-corrected chi connectivity index (χ1v) is 24.1. The predicted molar refractivity (Wildman–Crippen MR) is 298 cm³/mol. The summed E-state index contributed by atoms with van der Waals surface area (Å²) < 4.78 is 2.38. The highest BCUT2D eigenvalue weighted by Gasteiger charge is 2.18. The Hall–Kier alpha value is -9.24. The van der Waals surface area contributed by atoms with Gasteiger partial charge in [-0.3, -0.25) is 0 Å². The molecule has 0 saturated heterocycles. The molecule has 13 aromatic rings. The summed E-state index contributed by atoms with van der Waals surface area (Å²) in [7, 11) is 0. The van der Waals surface area contributed by atoms with Crippen molar-refractivity contribution in [1.82, 2.24) is 4.57 Å². The molecule has 1 aromatic heterocycles. The molecule has 0 radical (unpaired) electrons. The highest BCUT2D eigenvalue weighted by molar-refractivity contribution is 6.12. The van der Waals surface area contributed by atoms with E-state index in [1.165, 1.54) is 87.9 Å². The van der Waals surface area contributed by atoms with Crippen LogP contribution in [-0.4, -0.2) is 4.57 Å². The maximum atomic E-state index is 2.39. The first kappa shape index (κ1) is 41.0. The molecule has 328 valence electrons. The average molecular weight is 891 g/mol. The highest BCUT2D eigenvalue weighted by atomic mass is 15.1. The summed E-state index contributed by atoms with van der Waals surface area (Å²) in [5.41, 5.74) is 18.7. The first-order chi connectivity index (χ1) is 34.7. The van der Waals surface area contributed by atoms with Crippen LogP contribution in [0.15, 0.2) is 279 Å². The minimum absolute atomic E-state index is 1.08. The summed E-state index contributed by atoms with van der Waals surface area (Å²) in [6, 6.07) is 102. The van der Waals surface area contributed by atoms with Crippen molar-refractivity contribution in [2.75, 3.05) is 4.90 Å². The molecule has 0 bridgehead atoms. The van der Waals surface area contributed by atoms with E-state index in [-0.39, 0.29) is 0 Å². The number of rotatable bonds is 9. The van der Waals surface area contributed by atoms with Gasteiger partial charge in [-0.05, 0) is 162 Å². The Labute approximate surface area is 408 Å². The van der Waals surface area contributed by atoms with Crippen LogP contribution in [0.2, 0.25) is 0 Å². The lowest BCUT2D eigenvalue weighted by atomic mass is 9.93. The second kappa shape index (κ2) is 17.4. The fourth-order valence-electron chi connectivity index (χ4n) is 10.6. The molecule has 0 N–H and O–H groups in total. The highest BCUT2D eigenvalue weighted by Crippen LogP contribution is 2.42. The number of hydrogen-bond acceptors (Lipinski definition) is 1. The van der Waals surface area contributed by atoms with Gasteiger partial charge in [0.15, 0.2) is 0 Å². The number of nitrogens with zero attached hydrogens (tertiary/aromatic N) is 2. The maximum absolute atomic E-state index is 2.39. The van der Waals surface area contributed by atoms with Crippen molar-refractivity contribution in [3.63, 3.8) is 0 Å². The molecule has 1 heterocycles. The first-order valence-electron chi connectivity index (χ1n) is 24.1. The number of para-hydroxylation sites is 2. The fourth-order valence-corrected chi connectivity index (χ4v) is 10.6. The van der Waals surface area contributed by atoms with Crippen molar-refractivity contribution in [3.8, 4) is 61.3 Å². The van der Waals surface area contributed by atoms with E-state index >= 15 is 0 Å². The third-order valence-corrected chi connectivity index (χ3v) is 14.0. The van der Waals surface area contributed by atoms with Gasteiger partial charge < -0.3 is 9.47 Å². The van der Waals surface area contributed by atoms with E-state index in [2.05, 4.69) is 289 Å². The Bertz CT molecular complexity index is 3960. The van der Waals surface area contributed by atoms with Gasteiger partial charge >= 0.3 is 0 Å². The molecule has 0 atom stereocenters. The van der Waals surface area contributed by atoms with Crippen LogP contribution in [0.1, 0.15) is 0 Å². The van der Waals surface area contributed by atoms with Crippen molar-refractivity contribution in [3.05, 3.63) is 279 Å². The fraction of sp³-hybridized carbons (Fsp3) is 0. The number of benzene rings is 12. The van der Waals surface area contributed by atoms with E-state index in [9.17, 15) is 0 Å². The molecular weight excluding hydrogens is 845 g/mol. The zero-order valence-corrected chi connectivity index (χ0v) is 38.5. The standard InChI is InChI=1S/C68H46N2/c1-4-16-47(17-5-1)54-42-55(48-18-6-2-7-19-48)44-56(43-54)49-30-36-58(37-31-49)69(59-38-32-51(33-39-59)62-27-15-28-63-61-25-11-10-20-50(61)34-40-64(62)63)60-24-14-21-52(45-60)53-35-41-68-66(46-53)65-26-12-13-29-67(65)70(68)57-22-8-3-9-23-57/h1-46H. The van der Waals surface area contributed by atoms with Crippen LogP contribution >= 0.6 is 0 Å². The molecule has 0 fully saturated rings. The third-order valence-electron chi connectivity index (χ3n) is 14.0. The lowest BCUT2D eigenvalue weighted by Crippen LogP contribution is -2.10. The molecule has 0 amide bonds. The second-order valence-corrected chi connectivity index (χ2v) is 18.1. The zero-order chi connectivity index (χ0) is 46.4. The maximum Gasteiger partial charge on any atom is 0.0541 e. The van der Waals surface area contributed by atoms with Gasteiger partial charge in [-0.2, -0.15) is 0 Å². The lowest BCUT2D eigenvalue weighted by Gasteiger charge is -2.26. The van der Waals surface area contributed by atoms with Crippen molar-refractivity contribution in [2.45, 2.75) is 0 Å². The molecule has 0 aliphatic carbocycles. The molecule has 0 aliphatic rings. The Balaban J connectivity index is 0.925. The molecule has 12 aromatic carbocycles. The molecule has 2 nitrogen and oxygen atoms in total. The summed E-state index contributed by atoms with van der Waals surface area (Å²) in [5.74, 6) is 0. The molecule has 0 saturated carbocycles. The van der Waals surface area contributed by atoms with Gasteiger partial charge in [0.2, 0.25) is 0 Å². The topological polar surface area (TPSA) is 8.17 Å². The van der Waals surface area contributed by atoms with Crippen LogP contribution < -0.4 is 4.90 Å². The summed E-state index contributed by atoms with van der Waals surface area (Å²) in [4.78, 5) is 2.39. The van der Waals surface area contributed by atoms with E-state index in [0.717, 1.165) is 33.9 Å². The average Bonchev–Trinajstić information content (AvgIpc) is 3.78. The van der Waals surface area contributed by atoms with Crippen molar-refractivity contribution < 1.29 is 0 Å². The zero-order valence-electron chi connectivity index (χ0n) is 38.5. The minimum atomic E-state index is 1.08. The Morgan fingerprint density at radius 1 is 0.229 bits per heavy atom. The molecular formula is C68H46N2. The van der Waals surface area contributed by atoms with Gasteiger partial charge in [-0.25, -0.2) is 0 Å². The molecule has 0 unspecified atom stereocenters. The van der Waals surface area contributed by atoms with Crippen LogP contribution in [-0.2, 0) is 0 Å². The van der Waals surface area contributed by atoms with E-state index in [1.54, 1.807) is 0 Å². The number of aromatic nitrogens is 1. The van der Waals surface area contributed by atoms with Gasteiger partial charge in [0, 0.05) is 33.5 Å². The molecule has 2 heteroatoms. The number of fused-ring (bicyclic) bond motifs is 6. The van der Waals surface area contributed by atoms with Gasteiger partial charge in [0.05, 0.1) is 11.0 Å². The Kier molecular flexibility index (Phi) is 10.2. The van der Waals surface area contributed by atoms with E-state index < -0.39 is 0 Å². The lowest BCUT2D eigenvalue weighted by molar-refractivity contribution is 1.18. The Morgan fingerprint density at radius 3 is 1.41 bits per heavy atom. The summed E-state index contributed by atoms with van der Waals surface area (Å²) in [6.45, 7) is 0. The van der Waals surface area contributed by atoms with Crippen LogP contribution in [0.25, 0.3) is 105 Å².